The number of aliphatic hydroxyl groups is 1. The first kappa shape index (κ1) is 20.3. The molecule has 3 aromatic rings. The topological polar surface area (TPSA) is 141 Å². The second kappa shape index (κ2) is 7.21. The number of phenols is 4. The number of ether oxygens (including phenoxy) is 1. The third kappa shape index (κ3) is 3.79. The van der Waals surface area contributed by atoms with E-state index in [9.17, 15) is 30.3 Å². The molecule has 0 aliphatic carbocycles. The van der Waals surface area contributed by atoms with Crippen LogP contribution in [0.15, 0.2) is 33.5 Å². The average Bonchev–Trinajstić information content (AvgIpc) is 2.62. The first-order valence-electron chi connectivity index (χ1n) is 8.87. The van der Waals surface area contributed by atoms with Crippen LogP contribution in [-0.4, -0.2) is 38.2 Å². The molecule has 0 aliphatic rings. The highest BCUT2D eigenvalue weighted by molar-refractivity contribution is 5.90. The summed E-state index contributed by atoms with van der Waals surface area (Å²) in [5, 5.41) is 50.0. The van der Waals surface area contributed by atoms with Gasteiger partial charge in [-0.05, 0) is 44.9 Å². The largest absolute Gasteiger partial charge is 0.507 e. The molecule has 0 amide bonds. The molecule has 0 bridgehead atoms. The number of aromatic hydroxyl groups is 4. The van der Waals surface area contributed by atoms with Gasteiger partial charge in [-0.15, -0.1) is 0 Å². The second-order valence-electron chi connectivity index (χ2n) is 7.41. The molecule has 0 fully saturated rings. The molecular formula is C21H22O8. The van der Waals surface area contributed by atoms with E-state index in [1.165, 1.54) is 31.4 Å². The highest BCUT2D eigenvalue weighted by atomic mass is 16.5. The average molecular weight is 402 g/mol. The summed E-state index contributed by atoms with van der Waals surface area (Å²) in [6.07, 6.45) is 0.374. The molecule has 3 rings (SSSR count). The molecule has 8 nitrogen and oxygen atoms in total. The zero-order chi connectivity index (χ0) is 21.5. The Hall–Kier alpha value is -3.39. The van der Waals surface area contributed by atoms with Gasteiger partial charge in [0.2, 0.25) is 11.2 Å². The summed E-state index contributed by atoms with van der Waals surface area (Å²) < 4.78 is 10.9. The molecule has 5 N–H and O–H groups in total. The van der Waals surface area contributed by atoms with Crippen LogP contribution in [0.25, 0.3) is 22.3 Å². The van der Waals surface area contributed by atoms with Crippen molar-refractivity contribution in [1.29, 1.82) is 0 Å². The van der Waals surface area contributed by atoms with E-state index in [0.717, 1.165) is 0 Å². The van der Waals surface area contributed by atoms with Gasteiger partial charge in [0.15, 0.2) is 17.3 Å². The van der Waals surface area contributed by atoms with Crippen molar-refractivity contribution in [1.82, 2.24) is 0 Å². The van der Waals surface area contributed by atoms with Crippen molar-refractivity contribution < 1.29 is 34.7 Å². The van der Waals surface area contributed by atoms with Crippen LogP contribution in [0.1, 0.15) is 25.8 Å². The Balaban J connectivity index is 2.26. The maximum absolute atomic E-state index is 13.0. The van der Waals surface area contributed by atoms with E-state index in [4.69, 9.17) is 9.15 Å². The molecule has 0 atom stereocenters. The number of rotatable bonds is 5. The highest BCUT2D eigenvalue weighted by Gasteiger charge is 2.24. The first-order valence-corrected chi connectivity index (χ1v) is 8.87. The van der Waals surface area contributed by atoms with E-state index in [2.05, 4.69) is 0 Å². The van der Waals surface area contributed by atoms with Gasteiger partial charge in [0.25, 0.3) is 0 Å². The van der Waals surface area contributed by atoms with Crippen molar-refractivity contribution in [2.75, 3.05) is 7.11 Å². The molecule has 1 aromatic heterocycles. The fourth-order valence-electron chi connectivity index (χ4n) is 3.06. The van der Waals surface area contributed by atoms with Gasteiger partial charge < -0.3 is 34.7 Å². The number of hydrogen-bond acceptors (Lipinski definition) is 8. The van der Waals surface area contributed by atoms with E-state index in [1.807, 2.05) is 0 Å². The summed E-state index contributed by atoms with van der Waals surface area (Å²) in [7, 11) is 1.26. The lowest BCUT2D eigenvalue weighted by Crippen LogP contribution is -2.19. The van der Waals surface area contributed by atoms with Crippen molar-refractivity contribution in [2.45, 2.75) is 32.3 Å². The molecule has 0 spiro atoms. The molecule has 0 saturated carbocycles. The van der Waals surface area contributed by atoms with E-state index >= 15 is 0 Å². The van der Waals surface area contributed by atoms with Crippen molar-refractivity contribution in [3.63, 3.8) is 0 Å². The maximum atomic E-state index is 13.0. The van der Waals surface area contributed by atoms with Crippen molar-refractivity contribution in [3.8, 4) is 40.1 Å². The van der Waals surface area contributed by atoms with E-state index in [0.29, 0.717) is 0 Å². The van der Waals surface area contributed by atoms with Crippen molar-refractivity contribution >= 4 is 11.0 Å². The van der Waals surface area contributed by atoms with Gasteiger partial charge in [-0.2, -0.15) is 0 Å². The minimum absolute atomic E-state index is 0.0386. The van der Waals surface area contributed by atoms with Crippen LogP contribution in [-0.2, 0) is 6.42 Å². The van der Waals surface area contributed by atoms with Crippen molar-refractivity contribution in [3.05, 3.63) is 40.1 Å². The van der Waals surface area contributed by atoms with Crippen LogP contribution >= 0.6 is 0 Å². The fraction of sp³-hybridized carbons (Fsp3) is 0.286. The van der Waals surface area contributed by atoms with Gasteiger partial charge in [-0.1, -0.05) is 0 Å². The molecule has 2 aromatic carbocycles. The normalized spacial score (nSPS) is 11.7. The first-order chi connectivity index (χ1) is 13.5. The molecule has 0 aliphatic heterocycles. The van der Waals surface area contributed by atoms with E-state index < -0.39 is 22.5 Å². The predicted octanol–water partition coefficient (Wildman–Crippen LogP) is 2.99. The fourth-order valence-corrected chi connectivity index (χ4v) is 3.06. The number of phenolic OH excluding ortho intramolecular Hbond substituents is 4. The molecule has 1 heterocycles. The van der Waals surface area contributed by atoms with Gasteiger partial charge >= 0.3 is 0 Å². The molecule has 0 saturated heterocycles. The van der Waals surface area contributed by atoms with Crippen LogP contribution in [0.4, 0.5) is 0 Å². The lowest BCUT2D eigenvalue weighted by Gasteiger charge is -2.18. The molecule has 0 radical (unpaired) electrons. The maximum Gasteiger partial charge on any atom is 0.239 e. The summed E-state index contributed by atoms with van der Waals surface area (Å²) in [6, 6.07) is 5.04. The Morgan fingerprint density at radius 3 is 2.31 bits per heavy atom. The lowest BCUT2D eigenvalue weighted by molar-refractivity contribution is 0.0711. The highest BCUT2D eigenvalue weighted by Crippen LogP contribution is 2.40. The van der Waals surface area contributed by atoms with Crippen LogP contribution in [0, 0.1) is 0 Å². The quantitative estimate of drug-likeness (QED) is 0.410. The van der Waals surface area contributed by atoms with E-state index in [-0.39, 0.29) is 57.9 Å². The Kier molecular flexibility index (Phi) is 5.06. The molecule has 0 unspecified atom stereocenters. The van der Waals surface area contributed by atoms with Crippen LogP contribution < -0.4 is 10.2 Å². The molecule has 154 valence electrons. The third-order valence-corrected chi connectivity index (χ3v) is 4.63. The number of benzene rings is 2. The second-order valence-corrected chi connectivity index (χ2v) is 7.41. The van der Waals surface area contributed by atoms with Gasteiger partial charge in [0, 0.05) is 17.2 Å². The van der Waals surface area contributed by atoms with Crippen LogP contribution in [0.2, 0.25) is 0 Å². The van der Waals surface area contributed by atoms with E-state index in [1.54, 1.807) is 13.8 Å². The number of fused-ring (bicyclic) bond motifs is 1. The Labute approximate surface area is 165 Å². The monoisotopic (exact) mass is 402 g/mol. The van der Waals surface area contributed by atoms with Gasteiger partial charge in [0.1, 0.15) is 22.5 Å². The zero-order valence-electron chi connectivity index (χ0n) is 16.2. The summed E-state index contributed by atoms with van der Waals surface area (Å²) in [4.78, 5) is 13.0. The minimum atomic E-state index is -1.03. The smallest absolute Gasteiger partial charge is 0.239 e. The summed E-state index contributed by atoms with van der Waals surface area (Å²) in [5.41, 5.74) is -1.41. The van der Waals surface area contributed by atoms with Gasteiger partial charge in [-0.3, -0.25) is 4.79 Å². The Morgan fingerprint density at radius 1 is 1.03 bits per heavy atom. The standard InChI is InChI=1S/C21H22O8/c1-21(2,27)7-6-11-13(23)9-15-16(17(11)25)18(26)20(28-3)19(29-15)10-4-5-12(22)14(24)8-10/h4-5,8-9,22-25,27H,6-7H2,1-3H3. The summed E-state index contributed by atoms with van der Waals surface area (Å²) >= 11 is 0. The SMILES string of the molecule is COc1c(-c2ccc(O)c(O)c2)oc2cc(O)c(CCC(C)(C)O)c(O)c2c1=O. The minimum Gasteiger partial charge on any atom is -0.507 e. The number of methoxy groups -OCH3 is 1. The van der Waals surface area contributed by atoms with Gasteiger partial charge in [-0.25, -0.2) is 0 Å². The molecular weight excluding hydrogens is 380 g/mol. The zero-order valence-corrected chi connectivity index (χ0v) is 16.2. The van der Waals surface area contributed by atoms with Crippen molar-refractivity contribution in [2.24, 2.45) is 0 Å². The number of hydrogen-bond donors (Lipinski definition) is 5. The Morgan fingerprint density at radius 2 is 1.72 bits per heavy atom. The van der Waals surface area contributed by atoms with Crippen LogP contribution in [0.5, 0.6) is 28.7 Å². The summed E-state index contributed by atoms with van der Waals surface area (Å²) in [5.74, 6) is -1.74. The lowest BCUT2D eigenvalue weighted by atomic mass is 9.96. The van der Waals surface area contributed by atoms with Gasteiger partial charge in [0.05, 0.1) is 12.7 Å². The third-order valence-electron chi connectivity index (χ3n) is 4.63. The Bertz CT molecular complexity index is 1140. The van der Waals surface area contributed by atoms with Crippen LogP contribution in [0.3, 0.4) is 0 Å². The molecule has 8 heteroatoms. The molecule has 29 heavy (non-hydrogen) atoms. The summed E-state index contributed by atoms with van der Waals surface area (Å²) in [6.45, 7) is 3.19. The predicted molar refractivity (Wildman–Crippen MR) is 106 cm³/mol.